The number of benzene rings is 1. The van der Waals surface area contributed by atoms with E-state index in [4.69, 9.17) is 0 Å². The van der Waals surface area contributed by atoms with E-state index in [1.54, 1.807) is 43.0 Å². The van der Waals surface area contributed by atoms with Crippen LogP contribution in [0.5, 0.6) is 0 Å². The van der Waals surface area contributed by atoms with Crippen molar-refractivity contribution >= 4 is 33.4 Å². The molecule has 0 spiro atoms. The maximum Gasteiger partial charge on any atom is 0.253 e. The molecule has 20 heavy (non-hydrogen) atoms. The van der Waals surface area contributed by atoms with Crippen LogP contribution in [0.4, 0.5) is 5.69 Å². The smallest absolute Gasteiger partial charge is 0.253 e. The van der Waals surface area contributed by atoms with Gasteiger partial charge in [-0.15, -0.1) is 0 Å². The fourth-order valence-corrected chi connectivity index (χ4v) is 1.77. The van der Waals surface area contributed by atoms with Gasteiger partial charge in [0, 0.05) is 24.3 Å². The zero-order valence-electron chi connectivity index (χ0n) is 12.4. The van der Waals surface area contributed by atoms with Gasteiger partial charge in [0.25, 0.3) is 5.91 Å². The van der Waals surface area contributed by atoms with Crippen molar-refractivity contribution < 1.29 is 9.59 Å². The van der Waals surface area contributed by atoms with Crippen LogP contribution in [0.25, 0.3) is 0 Å². The van der Waals surface area contributed by atoms with Gasteiger partial charge in [0.15, 0.2) is 0 Å². The predicted octanol–water partition coefficient (Wildman–Crippen LogP) is 3.28. The molecule has 1 aromatic carbocycles. The lowest BCUT2D eigenvalue weighted by Gasteiger charge is -2.19. The van der Waals surface area contributed by atoms with E-state index in [-0.39, 0.29) is 11.8 Å². The quantitative estimate of drug-likeness (QED) is 0.836. The Kier molecular flexibility index (Phi) is 5.74. The first-order chi connectivity index (χ1) is 9.29. The van der Waals surface area contributed by atoms with Gasteiger partial charge < -0.3 is 10.2 Å². The Morgan fingerprint density at radius 2 is 1.65 bits per heavy atom. The maximum atomic E-state index is 12.1. The number of anilines is 1. The lowest BCUT2D eigenvalue weighted by atomic mass is 10.1. The van der Waals surface area contributed by atoms with Gasteiger partial charge >= 0.3 is 0 Å². The van der Waals surface area contributed by atoms with Crippen molar-refractivity contribution in [1.82, 2.24) is 4.90 Å². The van der Waals surface area contributed by atoms with Crippen molar-refractivity contribution in [3.63, 3.8) is 0 Å². The molecular formula is C15H21BrN2O2. The third kappa shape index (κ3) is 4.34. The van der Waals surface area contributed by atoms with Crippen LogP contribution < -0.4 is 5.32 Å². The molecule has 110 valence electrons. The molecule has 0 aromatic heterocycles. The summed E-state index contributed by atoms with van der Waals surface area (Å²) in [5, 5.41) is 2.79. The summed E-state index contributed by atoms with van der Waals surface area (Å²) in [6.07, 6.45) is 0. The summed E-state index contributed by atoms with van der Waals surface area (Å²) in [4.78, 5) is 25.7. The largest absolute Gasteiger partial charge is 0.339 e. The molecule has 1 rings (SSSR count). The third-order valence-corrected chi connectivity index (χ3v) is 3.34. The normalized spacial score (nSPS) is 11.1. The second kappa shape index (κ2) is 6.88. The molecule has 2 amide bonds. The molecule has 1 aromatic rings. The third-order valence-electron chi connectivity index (χ3n) is 2.98. The van der Waals surface area contributed by atoms with Crippen molar-refractivity contribution in [2.45, 2.75) is 32.0 Å². The van der Waals surface area contributed by atoms with Gasteiger partial charge in [-0.3, -0.25) is 9.59 Å². The van der Waals surface area contributed by atoms with Crippen LogP contribution in [-0.2, 0) is 4.79 Å². The second-order valence-electron chi connectivity index (χ2n) is 4.98. The van der Waals surface area contributed by atoms with Crippen molar-refractivity contribution in [2.75, 3.05) is 18.4 Å². The molecule has 4 nitrogen and oxygen atoms in total. The summed E-state index contributed by atoms with van der Waals surface area (Å²) in [5.41, 5.74) is 1.31. The molecule has 0 unspecified atom stereocenters. The highest BCUT2D eigenvalue weighted by Crippen LogP contribution is 2.19. The van der Waals surface area contributed by atoms with Crippen LogP contribution in [0.3, 0.4) is 0 Å². The summed E-state index contributed by atoms with van der Waals surface area (Å²) in [6.45, 7) is 8.83. The Morgan fingerprint density at radius 1 is 1.15 bits per heavy atom. The standard InChI is InChI=1S/C15H21BrN2O2/c1-5-18(6-2)13(19)11-7-9-12(10-8-11)17-14(20)15(3,4)16/h7-10H,5-6H2,1-4H3,(H,17,20). The van der Waals surface area contributed by atoms with Crippen molar-refractivity contribution in [1.29, 1.82) is 0 Å². The number of carbonyl (C=O) groups is 2. The SMILES string of the molecule is CCN(CC)C(=O)c1ccc(NC(=O)C(C)(C)Br)cc1. The van der Waals surface area contributed by atoms with Crippen molar-refractivity contribution in [3.05, 3.63) is 29.8 Å². The van der Waals surface area contributed by atoms with Gasteiger partial charge in [-0.1, -0.05) is 15.9 Å². The van der Waals surface area contributed by atoms with Crippen LogP contribution in [0.1, 0.15) is 38.1 Å². The number of halogens is 1. The molecule has 0 aliphatic rings. The first-order valence-electron chi connectivity index (χ1n) is 6.69. The first kappa shape index (κ1) is 16.7. The fraction of sp³-hybridized carbons (Fsp3) is 0.467. The second-order valence-corrected chi connectivity index (χ2v) is 6.96. The van der Waals surface area contributed by atoms with Crippen LogP contribution >= 0.6 is 15.9 Å². The molecule has 5 heteroatoms. The summed E-state index contributed by atoms with van der Waals surface area (Å²) in [5.74, 6) is -0.117. The number of amides is 2. The maximum absolute atomic E-state index is 12.1. The molecule has 0 aliphatic heterocycles. The van der Waals surface area contributed by atoms with Crippen molar-refractivity contribution in [2.24, 2.45) is 0 Å². The number of nitrogens with one attached hydrogen (secondary N) is 1. The number of rotatable bonds is 5. The number of alkyl halides is 1. The number of carbonyl (C=O) groups excluding carboxylic acids is 2. The molecule has 0 saturated heterocycles. The average molecular weight is 341 g/mol. The summed E-state index contributed by atoms with van der Waals surface area (Å²) in [7, 11) is 0. The number of hydrogen-bond donors (Lipinski definition) is 1. The summed E-state index contributed by atoms with van der Waals surface area (Å²) >= 11 is 3.30. The van der Waals surface area contributed by atoms with E-state index < -0.39 is 4.32 Å². The van der Waals surface area contributed by atoms with E-state index in [0.29, 0.717) is 24.3 Å². The molecule has 1 N–H and O–H groups in total. The predicted molar refractivity (Wildman–Crippen MR) is 85.3 cm³/mol. The monoisotopic (exact) mass is 340 g/mol. The number of hydrogen-bond acceptors (Lipinski definition) is 2. The minimum Gasteiger partial charge on any atom is -0.339 e. The van der Waals surface area contributed by atoms with E-state index in [0.717, 1.165) is 0 Å². The molecule has 0 radical (unpaired) electrons. The van der Waals surface area contributed by atoms with Crippen LogP contribution in [0.2, 0.25) is 0 Å². The van der Waals surface area contributed by atoms with Crippen LogP contribution in [-0.4, -0.2) is 34.1 Å². The lowest BCUT2D eigenvalue weighted by Crippen LogP contribution is -2.31. The summed E-state index contributed by atoms with van der Waals surface area (Å²) < 4.78 is -0.622. The topological polar surface area (TPSA) is 49.4 Å². The highest BCUT2D eigenvalue weighted by atomic mass is 79.9. The van der Waals surface area contributed by atoms with E-state index in [1.165, 1.54) is 0 Å². The molecule has 0 bridgehead atoms. The highest BCUT2D eigenvalue weighted by Gasteiger charge is 2.23. The average Bonchev–Trinajstić information content (AvgIpc) is 2.39. The molecule has 0 atom stereocenters. The van der Waals surface area contributed by atoms with Gasteiger partial charge in [-0.25, -0.2) is 0 Å². The van der Waals surface area contributed by atoms with Crippen LogP contribution in [0.15, 0.2) is 24.3 Å². The van der Waals surface area contributed by atoms with Gasteiger partial charge in [0.05, 0.1) is 4.32 Å². The van der Waals surface area contributed by atoms with E-state index in [9.17, 15) is 9.59 Å². The molecular weight excluding hydrogens is 320 g/mol. The van der Waals surface area contributed by atoms with Crippen molar-refractivity contribution in [3.8, 4) is 0 Å². The first-order valence-corrected chi connectivity index (χ1v) is 7.48. The highest BCUT2D eigenvalue weighted by molar-refractivity contribution is 9.10. The lowest BCUT2D eigenvalue weighted by molar-refractivity contribution is -0.117. The zero-order chi connectivity index (χ0) is 15.3. The number of nitrogens with zero attached hydrogens (tertiary/aromatic N) is 1. The van der Waals surface area contributed by atoms with Crippen LogP contribution in [0, 0.1) is 0 Å². The zero-order valence-corrected chi connectivity index (χ0v) is 14.0. The van der Waals surface area contributed by atoms with Gasteiger partial charge in [0.2, 0.25) is 5.91 Å². The summed E-state index contributed by atoms with van der Waals surface area (Å²) in [6, 6.07) is 6.95. The molecule has 0 saturated carbocycles. The van der Waals surface area contributed by atoms with E-state index in [1.807, 2.05) is 13.8 Å². The Morgan fingerprint density at radius 3 is 2.05 bits per heavy atom. The van der Waals surface area contributed by atoms with Gasteiger partial charge in [-0.2, -0.15) is 0 Å². The Labute approximate surface area is 128 Å². The Bertz CT molecular complexity index is 474. The molecule has 0 fully saturated rings. The molecule has 0 aliphatic carbocycles. The Hall–Kier alpha value is -1.36. The van der Waals surface area contributed by atoms with Gasteiger partial charge in [-0.05, 0) is 52.0 Å². The minimum absolute atomic E-state index is 0.00805. The van der Waals surface area contributed by atoms with Gasteiger partial charge in [0.1, 0.15) is 0 Å². The fourth-order valence-electron chi connectivity index (χ4n) is 1.67. The Balaban J connectivity index is 2.79. The molecule has 0 heterocycles. The van der Waals surface area contributed by atoms with E-state index >= 15 is 0 Å². The van der Waals surface area contributed by atoms with E-state index in [2.05, 4.69) is 21.2 Å². The minimum atomic E-state index is -0.622.